The van der Waals surface area contributed by atoms with Crippen molar-refractivity contribution in [3.63, 3.8) is 0 Å². The average molecular weight is 431 g/mol. The molecule has 2 heterocycles. The number of rotatable bonds is 3. The van der Waals surface area contributed by atoms with Crippen LogP contribution < -0.4 is 10.4 Å². The number of hydrogen-bond donors (Lipinski definition) is 1. The van der Waals surface area contributed by atoms with Crippen molar-refractivity contribution in [1.82, 2.24) is 5.10 Å². The van der Waals surface area contributed by atoms with E-state index in [9.17, 15) is 0 Å². The molecule has 6 rings (SSSR count). The predicted molar refractivity (Wildman–Crippen MR) is 112 cm³/mol. The van der Waals surface area contributed by atoms with Gasteiger partial charge in [0.25, 0.3) is 6.73 Å². The lowest BCUT2D eigenvalue weighted by molar-refractivity contribution is -0.787. The molecule has 170 valence electrons. The first-order chi connectivity index (χ1) is 14.9. The maximum Gasteiger partial charge on any atom is 0.365 e. The van der Waals surface area contributed by atoms with Gasteiger partial charge < -0.3 is 24.4 Å². The number of anilines is 1. The maximum absolute atomic E-state index is 6.39. The highest BCUT2D eigenvalue weighted by Crippen LogP contribution is 2.66. The van der Waals surface area contributed by atoms with Crippen LogP contribution in [0.3, 0.4) is 0 Å². The van der Waals surface area contributed by atoms with Crippen LogP contribution in [0, 0.1) is 28.6 Å². The van der Waals surface area contributed by atoms with Crippen molar-refractivity contribution in [3.8, 4) is 0 Å². The number of nitrogens with zero attached hydrogens (tertiary/aromatic N) is 2. The van der Waals surface area contributed by atoms with E-state index >= 15 is 0 Å². The van der Waals surface area contributed by atoms with Crippen molar-refractivity contribution in [2.45, 2.75) is 83.8 Å². The highest BCUT2D eigenvalue weighted by atomic mass is 16.7. The molecule has 6 atom stereocenters. The van der Waals surface area contributed by atoms with Crippen molar-refractivity contribution in [2.24, 2.45) is 28.6 Å². The number of hydrogen-bond acceptors (Lipinski definition) is 6. The molecule has 0 aromatic carbocycles. The van der Waals surface area contributed by atoms with E-state index in [0.717, 1.165) is 43.8 Å². The summed E-state index contributed by atoms with van der Waals surface area (Å²) in [6, 6.07) is 0.182. The number of allylic oxidation sites excluding steroid dienone is 1. The van der Waals surface area contributed by atoms with Gasteiger partial charge in [-0.2, -0.15) is 0 Å². The molecule has 0 bridgehead atoms. The summed E-state index contributed by atoms with van der Waals surface area (Å²) in [7, 11) is 0. The molecule has 4 aliphatic carbocycles. The lowest BCUT2D eigenvalue weighted by Gasteiger charge is -2.58. The lowest BCUT2D eigenvalue weighted by atomic mass is 9.47. The van der Waals surface area contributed by atoms with Crippen LogP contribution in [0.15, 0.2) is 22.5 Å². The van der Waals surface area contributed by atoms with Crippen LogP contribution in [0.1, 0.15) is 65.2 Å². The molecule has 0 radical (unpaired) electrons. The normalized spacial score (nSPS) is 43.4. The minimum atomic E-state index is -0.417. The summed E-state index contributed by atoms with van der Waals surface area (Å²) in [4.78, 5) is 0. The summed E-state index contributed by atoms with van der Waals surface area (Å²) in [5.41, 5.74) is 7.76. The second-order valence-corrected chi connectivity index (χ2v) is 11.0. The highest BCUT2D eigenvalue weighted by Gasteiger charge is 2.60. The summed E-state index contributed by atoms with van der Waals surface area (Å²) >= 11 is 0. The zero-order valence-electron chi connectivity index (χ0n) is 18.8. The molecule has 7 heteroatoms. The van der Waals surface area contributed by atoms with Gasteiger partial charge in [-0.1, -0.05) is 19.4 Å². The molecule has 0 unspecified atom stereocenters. The first-order valence-corrected chi connectivity index (χ1v) is 12.1. The van der Waals surface area contributed by atoms with Crippen LogP contribution in [0.4, 0.5) is 6.01 Å². The van der Waals surface area contributed by atoms with Crippen LogP contribution in [-0.2, 0) is 20.9 Å². The molecule has 5 aliphatic rings. The van der Waals surface area contributed by atoms with E-state index in [1.54, 1.807) is 10.3 Å². The molecule has 3 saturated carbocycles. The van der Waals surface area contributed by atoms with E-state index in [1.807, 2.05) is 0 Å². The summed E-state index contributed by atoms with van der Waals surface area (Å²) in [6.07, 6.45) is 13.8. The Morgan fingerprint density at radius 1 is 1.10 bits per heavy atom. The molecule has 0 amide bonds. The molecule has 1 aromatic rings. The summed E-state index contributed by atoms with van der Waals surface area (Å²) in [6.45, 7) is 6.89. The quantitative estimate of drug-likeness (QED) is 0.583. The average Bonchev–Trinajstić information content (AvgIpc) is 3.46. The topological polar surface area (TPSA) is 83.6 Å². The molecular weight excluding hydrogens is 394 g/mol. The fourth-order valence-electron chi connectivity index (χ4n) is 8.12. The van der Waals surface area contributed by atoms with E-state index in [-0.39, 0.29) is 17.5 Å². The van der Waals surface area contributed by atoms with Crippen LogP contribution in [0.2, 0.25) is 0 Å². The Morgan fingerprint density at radius 2 is 1.94 bits per heavy atom. The van der Waals surface area contributed by atoms with Crippen molar-refractivity contribution < 1.29 is 23.3 Å². The molecule has 1 spiro atoms. The van der Waals surface area contributed by atoms with Gasteiger partial charge in [0, 0.05) is 6.42 Å². The molecule has 2 N–H and O–H groups in total. The van der Waals surface area contributed by atoms with Gasteiger partial charge in [0.05, 0.1) is 24.4 Å². The van der Waals surface area contributed by atoms with Crippen LogP contribution >= 0.6 is 0 Å². The number of fused-ring (bicyclic) bond motifs is 5. The van der Waals surface area contributed by atoms with E-state index in [0.29, 0.717) is 12.1 Å². The van der Waals surface area contributed by atoms with Crippen LogP contribution in [-0.4, -0.2) is 30.2 Å². The van der Waals surface area contributed by atoms with Crippen molar-refractivity contribution >= 4 is 6.01 Å². The van der Waals surface area contributed by atoms with E-state index < -0.39 is 5.79 Å². The minimum absolute atomic E-state index is 0.182. The lowest BCUT2D eigenvalue weighted by Crippen LogP contribution is -2.53. The molecule has 1 saturated heterocycles. The molecule has 4 fully saturated rings. The largest absolute Gasteiger partial charge is 0.370 e. The molecule has 1 aromatic heterocycles. The van der Waals surface area contributed by atoms with E-state index in [4.69, 9.17) is 24.4 Å². The van der Waals surface area contributed by atoms with Crippen molar-refractivity contribution in [3.05, 3.63) is 18.0 Å². The van der Waals surface area contributed by atoms with Gasteiger partial charge in [0.1, 0.15) is 0 Å². The van der Waals surface area contributed by atoms with Gasteiger partial charge in [-0.05, 0) is 84.3 Å². The summed E-state index contributed by atoms with van der Waals surface area (Å²) < 4.78 is 25.2. The second-order valence-electron chi connectivity index (χ2n) is 11.0. The Kier molecular flexibility index (Phi) is 4.58. The fourth-order valence-corrected chi connectivity index (χ4v) is 8.12. The molecule has 31 heavy (non-hydrogen) atoms. The SMILES string of the molecule is C[C@]12CC[C@H]3[C@@H](CCC4=CC5(CC[C@@]43C)OCCO5)[C@@H]1CC[C@@H]2OC[n+]1coc(N)n1. The number of nitrogen functional groups attached to an aromatic ring is 1. The first-order valence-electron chi connectivity index (χ1n) is 12.1. The second kappa shape index (κ2) is 7.03. The Bertz CT molecular complexity index is 878. The van der Waals surface area contributed by atoms with Crippen LogP contribution in [0.5, 0.6) is 0 Å². The standard InChI is InChI=1S/C24H36N3O4/c1-22-9-10-24(30-11-12-31-24)13-16(22)3-4-17-18-5-6-20(23(18,2)8-7-19(17)22)28-14-27-15-29-21(25)26-27/h13,15,17-20H,3-12,14H2,1-2H3,(H2,25,26)/q+1/t17-,18-,19-,20-,22-,23-/m0/s1. The van der Waals surface area contributed by atoms with Gasteiger partial charge in [0.15, 0.2) is 5.79 Å². The third-order valence-electron chi connectivity index (χ3n) is 9.74. The first kappa shape index (κ1) is 20.2. The number of aromatic nitrogens is 2. The molecule has 7 nitrogen and oxygen atoms in total. The molecular formula is C24H36N3O4+. The summed E-state index contributed by atoms with van der Waals surface area (Å²) in [5, 5.41) is 4.12. The third kappa shape index (κ3) is 3.03. The van der Waals surface area contributed by atoms with Gasteiger partial charge in [-0.15, -0.1) is 0 Å². The monoisotopic (exact) mass is 430 g/mol. The Labute approximate surface area is 184 Å². The van der Waals surface area contributed by atoms with Gasteiger partial charge in [0.2, 0.25) is 0 Å². The fraction of sp³-hybridized carbons (Fsp3) is 0.833. The zero-order chi connectivity index (χ0) is 21.3. The number of ether oxygens (including phenoxy) is 3. The van der Waals surface area contributed by atoms with Gasteiger partial charge in [-0.25, -0.2) is 0 Å². The number of nitrogens with two attached hydrogens (primary N) is 1. The van der Waals surface area contributed by atoms with E-state index in [2.05, 4.69) is 25.0 Å². The highest BCUT2D eigenvalue weighted by molar-refractivity contribution is 5.27. The predicted octanol–water partition coefficient (Wildman–Crippen LogP) is 3.59. The smallest absolute Gasteiger partial charge is 0.365 e. The molecule has 1 aliphatic heterocycles. The maximum atomic E-state index is 6.39. The Hall–Kier alpha value is -1.44. The summed E-state index contributed by atoms with van der Waals surface area (Å²) in [5.74, 6) is 1.90. The van der Waals surface area contributed by atoms with Gasteiger partial charge >= 0.3 is 12.4 Å². The zero-order valence-corrected chi connectivity index (χ0v) is 18.8. The van der Waals surface area contributed by atoms with Gasteiger partial charge in [-0.3, -0.25) is 0 Å². The van der Waals surface area contributed by atoms with E-state index in [1.165, 1.54) is 44.9 Å². The Morgan fingerprint density at radius 3 is 2.71 bits per heavy atom. The Balaban J connectivity index is 1.20. The van der Waals surface area contributed by atoms with Crippen LogP contribution in [0.25, 0.3) is 0 Å². The van der Waals surface area contributed by atoms with Crippen molar-refractivity contribution in [1.29, 1.82) is 0 Å². The van der Waals surface area contributed by atoms with Crippen molar-refractivity contribution in [2.75, 3.05) is 18.9 Å². The third-order valence-corrected chi connectivity index (χ3v) is 9.74. The minimum Gasteiger partial charge on any atom is -0.370 e.